The first-order valence-corrected chi connectivity index (χ1v) is 29.4. The van der Waals surface area contributed by atoms with Crippen LogP contribution in [0.3, 0.4) is 0 Å². The number of nitrogens with zero attached hydrogens (tertiary/aromatic N) is 1. The first kappa shape index (κ1) is 69.5. The van der Waals surface area contributed by atoms with Crippen LogP contribution in [0.4, 0.5) is 0 Å². The molecule has 14 heteroatoms. The molecule has 2 atom stereocenters. The molecule has 14 nitrogen and oxygen atoms in total. The fourth-order valence-corrected chi connectivity index (χ4v) is 8.24. The number of hydrogen-bond donors (Lipinski definition) is 2. The van der Waals surface area contributed by atoms with Gasteiger partial charge in [-0.05, 0) is 83.8 Å². The standard InChI is InChI=1S/C57H115N3O11/c1-6-9-12-15-17-24-33-54(32-23-14-11-8-3)57(62)71-44-29-22-21-28-43-70-55(53-69-41-27-20-19-26-40-63-4)56(61)60(38-25-18-16-13-10-7-2)39-46-66-48-50-68-52-51-67-49-47-65-42-31-36-58-34-30-35-59-37-45-64-5/h54-55,58-59H,6-53H2,1-5H3. The maximum Gasteiger partial charge on any atom is 0.308 e. The minimum Gasteiger partial charge on any atom is -0.465 e. The zero-order valence-electron chi connectivity index (χ0n) is 47.0. The molecule has 0 aliphatic heterocycles. The molecule has 0 fully saturated rings. The van der Waals surface area contributed by atoms with Gasteiger partial charge in [0.2, 0.25) is 0 Å². The van der Waals surface area contributed by atoms with Crippen molar-refractivity contribution >= 4 is 11.9 Å². The minimum atomic E-state index is -0.661. The number of amides is 1. The molecule has 0 heterocycles. The first-order valence-electron chi connectivity index (χ1n) is 29.4. The quantitative estimate of drug-likeness (QED) is 0.0441. The van der Waals surface area contributed by atoms with Crippen molar-refractivity contribution in [3.63, 3.8) is 0 Å². The lowest BCUT2D eigenvalue weighted by Gasteiger charge is -2.28. The fourth-order valence-electron chi connectivity index (χ4n) is 8.24. The normalized spacial score (nSPS) is 12.5. The molecular weight excluding hydrogens is 903 g/mol. The van der Waals surface area contributed by atoms with Crippen LogP contribution in [0, 0.1) is 5.92 Å². The third kappa shape index (κ3) is 50.5. The molecule has 0 aliphatic carbocycles. The topological polar surface area (TPSA) is 145 Å². The molecule has 0 saturated heterocycles. The average molecular weight is 1020 g/mol. The van der Waals surface area contributed by atoms with Crippen LogP contribution in [0.1, 0.15) is 201 Å². The van der Waals surface area contributed by atoms with Crippen LogP contribution in [0.15, 0.2) is 0 Å². The van der Waals surface area contributed by atoms with Crippen LogP contribution in [0.25, 0.3) is 0 Å². The highest BCUT2D eigenvalue weighted by molar-refractivity contribution is 5.81. The predicted octanol–water partition coefficient (Wildman–Crippen LogP) is 10.9. The molecule has 0 rings (SSSR count). The number of esters is 1. The number of rotatable bonds is 61. The zero-order chi connectivity index (χ0) is 51.6. The van der Waals surface area contributed by atoms with Gasteiger partial charge >= 0.3 is 5.97 Å². The van der Waals surface area contributed by atoms with Gasteiger partial charge in [-0.15, -0.1) is 0 Å². The zero-order valence-corrected chi connectivity index (χ0v) is 47.0. The summed E-state index contributed by atoms with van der Waals surface area (Å²) in [6.07, 6.45) is 30.1. The van der Waals surface area contributed by atoms with Gasteiger partial charge in [-0.2, -0.15) is 0 Å². The molecule has 2 unspecified atom stereocenters. The smallest absolute Gasteiger partial charge is 0.308 e. The van der Waals surface area contributed by atoms with Crippen molar-refractivity contribution in [1.29, 1.82) is 0 Å². The van der Waals surface area contributed by atoms with Crippen LogP contribution in [0.2, 0.25) is 0 Å². The van der Waals surface area contributed by atoms with E-state index in [2.05, 4.69) is 31.4 Å². The lowest BCUT2D eigenvalue weighted by Crippen LogP contribution is -2.45. The molecule has 0 aliphatic rings. The van der Waals surface area contributed by atoms with E-state index in [0.717, 1.165) is 149 Å². The van der Waals surface area contributed by atoms with Gasteiger partial charge in [-0.3, -0.25) is 9.59 Å². The molecule has 0 spiro atoms. The SMILES string of the molecule is CCCCCCCCC(CCCCCC)C(=O)OCCCCCCOC(COCCCCCCOC)C(=O)N(CCCCCCCC)CCOCCOCCOCCOCCCNCCCNCCOC. The Morgan fingerprint density at radius 3 is 1.45 bits per heavy atom. The number of unbranched alkanes of at least 4 members (excludes halogenated alkanes) is 19. The lowest BCUT2D eigenvalue weighted by molar-refractivity contribution is -0.149. The molecule has 0 radical (unpaired) electrons. The van der Waals surface area contributed by atoms with Crippen LogP contribution in [-0.2, 0) is 52.2 Å². The molecule has 0 bridgehead atoms. The third-order valence-corrected chi connectivity index (χ3v) is 12.7. The van der Waals surface area contributed by atoms with E-state index < -0.39 is 6.10 Å². The molecule has 71 heavy (non-hydrogen) atoms. The van der Waals surface area contributed by atoms with Crippen molar-refractivity contribution in [2.75, 3.05) is 146 Å². The van der Waals surface area contributed by atoms with E-state index in [1.54, 1.807) is 14.2 Å². The summed E-state index contributed by atoms with van der Waals surface area (Å²) in [4.78, 5) is 29.2. The molecule has 0 saturated carbocycles. The van der Waals surface area contributed by atoms with Gasteiger partial charge in [0.1, 0.15) is 0 Å². The molecule has 1 amide bonds. The molecular formula is C57H115N3O11. The highest BCUT2D eigenvalue weighted by atomic mass is 16.6. The van der Waals surface area contributed by atoms with E-state index in [4.69, 9.17) is 42.6 Å². The van der Waals surface area contributed by atoms with Crippen LogP contribution in [-0.4, -0.2) is 169 Å². The number of carbonyl (C=O) groups is 2. The van der Waals surface area contributed by atoms with E-state index in [1.165, 1.54) is 77.0 Å². The van der Waals surface area contributed by atoms with Gasteiger partial charge in [-0.25, -0.2) is 0 Å². The van der Waals surface area contributed by atoms with Crippen molar-refractivity contribution in [3.05, 3.63) is 0 Å². The summed E-state index contributed by atoms with van der Waals surface area (Å²) in [6.45, 7) is 19.2. The minimum absolute atomic E-state index is 0.00173. The predicted molar refractivity (Wildman–Crippen MR) is 291 cm³/mol. The monoisotopic (exact) mass is 1020 g/mol. The second kappa shape index (κ2) is 59.4. The van der Waals surface area contributed by atoms with Gasteiger partial charge in [0.05, 0.1) is 72.0 Å². The first-order chi connectivity index (χ1) is 35.0. The number of carbonyl (C=O) groups excluding carboxylic acids is 2. The Morgan fingerprint density at radius 1 is 0.394 bits per heavy atom. The maximum absolute atomic E-state index is 14.2. The molecule has 424 valence electrons. The Balaban J connectivity index is 4.83. The van der Waals surface area contributed by atoms with E-state index >= 15 is 0 Å². The molecule has 0 aromatic rings. The Bertz CT molecular complexity index is 1060. The summed E-state index contributed by atoms with van der Waals surface area (Å²) < 4.78 is 51.6. The number of methoxy groups -OCH3 is 2. The Hall–Kier alpha value is -1.46. The fraction of sp³-hybridized carbons (Fsp3) is 0.965. The summed E-state index contributed by atoms with van der Waals surface area (Å²) in [6, 6.07) is 0. The molecule has 2 N–H and O–H groups in total. The largest absolute Gasteiger partial charge is 0.465 e. The summed E-state index contributed by atoms with van der Waals surface area (Å²) in [5.74, 6) is 0.0135. The van der Waals surface area contributed by atoms with Crippen LogP contribution < -0.4 is 10.6 Å². The third-order valence-electron chi connectivity index (χ3n) is 12.7. The maximum atomic E-state index is 14.2. The van der Waals surface area contributed by atoms with E-state index in [-0.39, 0.29) is 24.4 Å². The van der Waals surface area contributed by atoms with Crippen LogP contribution in [0.5, 0.6) is 0 Å². The summed E-state index contributed by atoms with van der Waals surface area (Å²) in [7, 11) is 3.46. The van der Waals surface area contributed by atoms with E-state index in [9.17, 15) is 9.59 Å². The van der Waals surface area contributed by atoms with Crippen molar-refractivity contribution in [2.45, 2.75) is 207 Å². The van der Waals surface area contributed by atoms with Gasteiger partial charge < -0.3 is 58.2 Å². The summed E-state index contributed by atoms with van der Waals surface area (Å²) in [5.41, 5.74) is 0. The average Bonchev–Trinajstić information content (AvgIpc) is 3.38. The van der Waals surface area contributed by atoms with Crippen LogP contribution >= 0.6 is 0 Å². The van der Waals surface area contributed by atoms with Gasteiger partial charge in [0.15, 0.2) is 6.10 Å². The Morgan fingerprint density at radius 2 is 0.845 bits per heavy atom. The second-order valence-electron chi connectivity index (χ2n) is 19.3. The van der Waals surface area contributed by atoms with E-state index in [0.29, 0.717) is 79.2 Å². The van der Waals surface area contributed by atoms with Gasteiger partial charge in [-0.1, -0.05) is 136 Å². The van der Waals surface area contributed by atoms with E-state index in [1.807, 2.05) is 4.90 Å². The highest BCUT2D eigenvalue weighted by Gasteiger charge is 2.25. The van der Waals surface area contributed by atoms with Crippen molar-refractivity contribution in [2.24, 2.45) is 5.92 Å². The van der Waals surface area contributed by atoms with Crippen molar-refractivity contribution in [1.82, 2.24) is 15.5 Å². The Labute approximate surface area is 436 Å². The Kier molecular flexibility index (Phi) is 58.2. The van der Waals surface area contributed by atoms with Gasteiger partial charge in [0.25, 0.3) is 5.91 Å². The highest BCUT2D eigenvalue weighted by Crippen LogP contribution is 2.21. The summed E-state index contributed by atoms with van der Waals surface area (Å²) >= 11 is 0. The molecule has 0 aromatic carbocycles. The number of nitrogens with one attached hydrogen (secondary N) is 2. The van der Waals surface area contributed by atoms with Crippen molar-refractivity contribution in [3.8, 4) is 0 Å². The second-order valence-corrected chi connectivity index (χ2v) is 19.3. The number of hydrogen-bond acceptors (Lipinski definition) is 13. The summed E-state index contributed by atoms with van der Waals surface area (Å²) in [5, 5.41) is 6.80. The van der Waals surface area contributed by atoms with Crippen molar-refractivity contribution < 1.29 is 52.2 Å². The molecule has 0 aromatic heterocycles. The number of ether oxygens (including phenoxy) is 9. The lowest BCUT2D eigenvalue weighted by atomic mass is 9.94. The van der Waals surface area contributed by atoms with Gasteiger partial charge in [0, 0.05) is 60.3 Å².